The van der Waals surface area contributed by atoms with Crippen molar-refractivity contribution >= 4 is 33.2 Å². The quantitative estimate of drug-likeness (QED) is 0.232. The highest BCUT2D eigenvalue weighted by molar-refractivity contribution is 9.10. The summed E-state index contributed by atoms with van der Waals surface area (Å²) < 4.78 is 83.2. The maximum Gasteiger partial charge on any atom is 0.434 e. The van der Waals surface area contributed by atoms with Gasteiger partial charge in [-0.2, -0.15) is 31.4 Å². The average Bonchev–Trinajstić information content (AvgIpc) is 3.01. The monoisotopic (exact) mass is 552 g/mol. The first-order valence-electron chi connectivity index (χ1n) is 8.92. The highest BCUT2D eigenvalue weighted by atomic mass is 79.9. The Hall–Kier alpha value is -3.62. The van der Waals surface area contributed by atoms with Crippen molar-refractivity contribution in [3.05, 3.63) is 74.0 Å². The lowest BCUT2D eigenvalue weighted by Crippen LogP contribution is -2.14. The van der Waals surface area contributed by atoms with Crippen LogP contribution < -0.4 is 10.1 Å². The van der Waals surface area contributed by atoms with E-state index in [1.54, 1.807) is 0 Å². The number of hydrogen-bond donors (Lipinski definition) is 1. The number of aromatic nitrogens is 2. The Balaban J connectivity index is 1.93. The van der Waals surface area contributed by atoms with E-state index in [0.29, 0.717) is 10.7 Å². The number of carbonyl (C=O) groups is 1. The molecule has 0 radical (unpaired) electrons. The Morgan fingerprint density at radius 2 is 1.76 bits per heavy atom. The van der Waals surface area contributed by atoms with E-state index in [9.17, 15) is 41.3 Å². The number of rotatable bonds is 5. The summed E-state index contributed by atoms with van der Waals surface area (Å²) in [6.07, 6.45) is -9.48. The first kappa shape index (κ1) is 25.0. The van der Waals surface area contributed by atoms with Gasteiger partial charge in [-0.15, -0.1) is 0 Å². The van der Waals surface area contributed by atoms with Crippen LogP contribution in [0, 0.1) is 10.1 Å². The molecule has 0 fully saturated rings. The van der Waals surface area contributed by atoms with Crippen molar-refractivity contribution in [3.8, 4) is 11.5 Å². The van der Waals surface area contributed by atoms with Gasteiger partial charge in [0.1, 0.15) is 11.5 Å². The van der Waals surface area contributed by atoms with Crippen LogP contribution in [0.2, 0.25) is 0 Å². The van der Waals surface area contributed by atoms with Gasteiger partial charge < -0.3 is 10.1 Å². The molecule has 34 heavy (non-hydrogen) atoms. The third kappa shape index (κ3) is 5.47. The zero-order valence-electron chi connectivity index (χ0n) is 16.7. The molecular weight excluding hydrogens is 542 g/mol. The number of hydrogen-bond acceptors (Lipinski definition) is 5. The van der Waals surface area contributed by atoms with Crippen LogP contribution in [0.4, 0.5) is 37.7 Å². The highest BCUT2D eigenvalue weighted by Crippen LogP contribution is 2.37. The molecule has 8 nitrogen and oxygen atoms in total. The van der Waals surface area contributed by atoms with Gasteiger partial charge >= 0.3 is 12.4 Å². The minimum atomic E-state index is -4.82. The number of aryl methyl sites for hydroxylation is 1. The van der Waals surface area contributed by atoms with E-state index in [2.05, 4.69) is 26.3 Å². The van der Waals surface area contributed by atoms with Crippen molar-refractivity contribution in [2.75, 3.05) is 5.32 Å². The SMILES string of the molecule is Cn1nc(C(=O)Nc2cc(Oc3cccc(C(F)(F)F)c3)cc([N+](=O)[O-])c2)c(Br)c1C(F)(F)F. The van der Waals surface area contributed by atoms with E-state index in [0.717, 1.165) is 37.4 Å². The van der Waals surface area contributed by atoms with Gasteiger partial charge in [0.15, 0.2) is 11.4 Å². The van der Waals surface area contributed by atoms with Crippen molar-refractivity contribution in [1.82, 2.24) is 9.78 Å². The number of anilines is 1. The summed E-state index contributed by atoms with van der Waals surface area (Å²) in [6.45, 7) is 0. The van der Waals surface area contributed by atoms with Gasteiger partial charge in [-0.05, 0) is 34.1 Å². The Morgan fingerprint density at radius 3 is 2.32 bits per heavy atom. The predicted octanol–water partition coefficient (Wildman–Crippen LogP) is 6.17. The van der Waals surface area contributed by atoms with Crippen LogP contribution in [0.15, 0.2) is 46.9 Å². The van der Waals surface area contributed by atoms with E-state index in [1.807, 2.05) is 0 Å². The lowest BCUT2D eigenvalue weighted by molar-refractivity contribution is -0.384. The molecule has 0 aliphatic carbocycles. The Labute approximate surface area is 194 Å². The van der Waals surface area contributed by atoms with Crippen molar-refractivity contribution in [1.29, 1.82) is 0 Å². The second kappa shape index (κ2) is 8.96. The van der Waals surface area contributed by atoms with Gasteiger partial charge in [0.2, 0.25) is 0 Å². The third-order valence-electron chi connectivity index (χ3n) is 4.23. The van der Waals surface area contributed by atoms with Gasteiger partial charge in [-0.25, -0.2) is 0 Å². The maximum atomic E-state index is 13.1. The largest absolute Gasteiger partial charge is 0.457 e. The summed E-state index contributed by atoms with van der Waals surface area (Å²) in [5.74, 6) is -1.74. The first-order valence-corrected chi connectivity index (χ1v) is 9.71. The molecule has 0 saturated heterocycles. The number of non-ortho nitro benzene ring substituents is 1. The number of halogens is 7. The minimum absolute atomic E-state index is 0.271. The molecule has 0 aliphatic rings. The van der Waals surface area contributed by atoms with Gasteiger partial charge in [0, 0.05) is 19.2 Å². The molecule has 1 N–H and O–H groups in total. The van der Waals surface area contributed by atoms with Crippen LogP contribution in [0.25, 0.3) is 0 Å². The number of carbonyl (C=O) groups excluding carboxylic acids is 1. The number of ether oxygens (including phenoxy) is 1. The Kier molecular flexibility index (Phi) is 6.59. The molecule has 0 unspecified atom stereocenters. The van der Waals surface area contributed by atoms with E-state index in [4.69, 9.17) is 4.74 Å². The standard InChI is InChI=1S/C19H11BrF6N4O4/c1-29-16(19(24,25)26)14(20)15(28-29)17(31)27-10-6-11(30(32)33)8-13(7-10)34-12-4-2-3-9(5-12)18(21,22)23/h2-8H,1H3,(H,27,31). The molecule has 0 saturated carbocycles. The Bertz CT molecular complexity index is 1270. The van der Waals surface area contributed by atoms with Gasteiger partial charge in [-0.1, -0.05) is 6.07 Å². The summed E-state index contributed by atoms with van der Waals surface area (Å²) in [6, 6.07) is 6.54. The van der Waals surface area contributed by atoms with Crippen LogP contribution >= 0.6 is 15.9 Å². The van der Waals surface area contributed by atoms with Crippen LogP contribution in [-0.2, 0) is 19.4 Å². The molecule has 1 heterocycles. The van der Waals surface area contributed by atoms with E-state index >= 15 is 0 Å². The van der Waals surface area contributed by atoms with E-state index in [-0.39, 0.29) is 17.2 Å². The average molecular weight is 553 g/mol. The fraction of sp³-hybridized carbons (Fsp3) is 0.158. The van der Waals surface area contributed by atoms with Crippen molar-refractivity contribution in [2.24, 2.45) is 7.05 Å². The van der Waals surface area contributed by atoms with Crippen LogP contribution in [0.3, 0.4) is 0 Å². The van der Waals surface area contributed by atoms with Crippen molar-refractivity contribution in [2.45, 2.75) is 12.4 Å². The second-order valence-corrected chi connectivity index (χ2v) is 7.48. The molecule has 0 aliphatic heterocycles. The fourth-order valence-electron chi connectivity index (χ4n) is 2.83. The molecule has 2 aromatic carbocycles. The first-order chi connectivity index (χ1) is 15.7. The van der Waals surface area contributed by atoms with Crippen LogP contribution in [0.5, 0.6) is 11.5 Å². The normalized spacial score (nSPS) is 11.9. The summed E-state index contributed by atoms with van der Waals surface area (Å²) in [5.41, 5.74) is -3.78. The number of nitrogens with one attached hydrogen (secondary N) is 1. The third-order valence-corrected chi connectivity index (χ3v) is 4.98. The van der Waals surface area contributed by atoms with Crippen molar-refractivity contribution in [3.63, 3.8) is 0 Å². The summed E-state index contributed by atoms with van der Waals surface area (Å²) in [7, 11) is 0.971. The molecule has 3 rings (SSSR count). The molecule has 1 amide bonds. The molecule has 3 aromatic rings. The van der Waals surface area contributed by atoms with Gasteiger partial charge in [-0.3, -0.25) is 19.6 Å². The molecule has 0 spiro atoms. The number of amides is 1. The van der Waals surface area contributed by atoms with E-state index in [1.165, 1.54) is 6.07 Å². The predicted molar refractivity (Wildman–Crippen MR) is 108 cm³/mol. The number of alkyl halides is 6. The molecular formula is C19H11BrF6N4O4. The number of nitro benzene ring substituents is 1. The topological polar surface area (TPSA) is 99.3 Å². The fourth-order valence-corrected chi connectivity index (χ4v) is 3.57. The zero-order valence-corrected chi connectivity index (χ0v) is 18.2. The van der Waals surface area contributed by atoms with Gasteiger partial charge in [0.25, 0.3) is 11.6 Å². The van der Waals surface area contributed by atoms with Crippen LogP contribution in [-0.4, -0.2) is 20.6 Å². The second-order valence-electron chi connectivity index (χ2n) is 6.69. The summed E-state index contributed by atoms with van der Waals surface area (Å²) in [5, 5.41) is 16.9. The number of nitro groups is 1. The van der Waals surface area contributed by atoms with E-state index < -0.39 is 50.3 Å². The summed E-state index contributed by atoms with van der Waals surface area (Å²) >= 11 is 2.68. The van der Waals surface area contributed by atoms with Crippen molar-refractivity contribution < 1.29 is 40.8 Å². The number of nitrogens with zero attached hydrogens (tertiary/aromatic N) is 3. The minimum Gasteiger partial charge on any atom is -0.457 e. The molecule has 1 aromatic heterocycles. The smallest absolute Gasteiger partial charge is 0.434 e. The summed E-state index contributed by atoms with van der Waals surface area (Å²) in [4.78, 5) is 22.9. The van der Waals surface area contributed by atoms with Crippen LogP contribution in [0.1, 0.15) is 21.7 Å². The molecule has 180 valence electrons. The highest BCUT2D eigenvalue weighted by Gasteiger charge is 2.39. The number of benzene rings is 2. The lowest BCUT2D eigenvalue weighted by atomic mass is 10.2. The Morgan fingerprint density at radius 1 is 1.09 bits per heavy atom. The lowest BCUT2D eigenvalue weighted by Gasteiger charge is -2.11. The maximum absolute atomic E-state index is 13.1. The molecule has 0 bridgehead atoms. The van der Waals surface area contributed by atoms with Gasteiger partial charge in [0.05, 0.1) is 26.7 Å². The molecule has 15 heteroatoms. The zero-order chi connectivity index (χ0) is 25.4. The molecule has 0 atom stereocenters.